The van der Waals surface area contributed by atoms with Crippen LogP contribution in [0, 0.1) is 0 Å². The number of carbonyl (C=O) groups is 4. The summed E-state index contributed by atoms with van der Waals surface area (Å²) in [5.41, 5.74) is 0.940. The van der Waals surface area contributed by atoms with Gasteiger partial charge in [0.15, 0.2) is 0 Å². The average Bonchev–Trinajstić information content (AvgIpc) is 2.75. The summed E-state index contributed by atoms with van der Waals surface area (Å²) < 4.78 is 8.37. The van der Waals surface area contributed by atoms with E-state index in [9.17, 15) is 19.2 Å². The van der Waals surface area contributed by atoms with Crippen LogP contribution in [0.1, 0.15) is 27.1 Å². The number of hydrogen-bond donors (Lipinski definition) is 1. The molecule has 1 aliphatic heterocycles. The molecule has 0 bridgehead atoms. The minimum atomic E-state index is -0.582. The van der Waals surface area contributed by atoms with E-state index in [2.05, 4.69) is 14.8 Å². The minimum absolute atomic E-state index is 0. The van der Waals surface area contributed by atoms with E-state index in [-0.39, 0.29) is 47.8 Å². The van der Waals surface area contributed by atoms with E-state index in [1.54, 1.807) is 24.3 Å². The van der Waals surface area contributed by atoms with Gasteiger partial charge in [0.25, 0.3) is 11.8 Å². The number of esters is 2. The monoisotopic (exact) mass is 302 g/mol. The summed E-state index contributed by atoms with van der Waals surface area (Å²) in [5, 5.41) is 2.20. The number of carbonyl (C=O) groups excluding carboxylic acids is 4. The number of methoxy groups -OCH3 is 2. The van der Waals surface area contributed by atoms with Crippen molar-refractivity contribution < 1.29 is 28.7 Å². The second-order valence-electron chi connectivity index (χ2n) is 3.66. The van der Waals surface area contributed by atoms with Gasteiger partial charge in [0.1, 0.15) is 6.42 Å². The molecule has 0 saturated carbocycles. The van der Waals surface area contributed by atoms with Gasteiger partial charge in [-0.15, -0.1) is 0 Å². The molecule has 2 amide bonds. The molecule has 1 aromatic rings. The standard InChI is InChI=1S/C8H5NO2.C5H8O4.Na/c10-7-5-3-1-2-4-6(5)8(11)9-7;1-8-4(6)3-5(7)9-2;/h1-4H,(H,9,10,11);3H2,1-2H3;. The van der Waals surface area contributed by atoms with Crippen molar-refractivity contribution >= 4 is 53.3 Å². The van der Waals surface area contributed by atoms with Gasteiger partial charge >= 0.3 is 11.9 Å². The van der Waals surface area contributed by atoms with Crippen LogP contribution in [-0.2, 0) is 19.1 Å². The molecule has 8 heteroatoms. The molecule has 7 nitrogen and oxygen atoms in total. The summed E-state index contributed by atoms with van der Waals surface area (Å²) in [4.78, 5) is 42.4. The van der Waals surface area contributed by atoms with Gasteiger partial charge in [-0.25, -0.2) is 0 Å². The zero-order valence-corrected chi connectivity index (χ0v) is 14.0. The number of amides is 2. The Labute approximate surface area is 143 Å². The smallest absolute Gasteiger partial charge is 0.316 e. The van der Waals surface area contributed by atoms with Crippen LogP contribution in [0.5, 0.6) is 0 Å². The Balaban J connectivity index is 0.000000373. The summed E-state index contributed by atoms with van der Waals surface area (Å²) in [5.74, 6) is -1.76. The Bertz CT molecular complexity index is 510. The van der Waals surface area contributed by atoms with Gasteiger partial charge in [-0.1, -0.05) is 12.1 Å². The second kappa shape index (κ2) is 9.28. The molecule has 0 aromatic heterocycles. The number of benzene rings is 1. The van der Waals surface area contributed by atoms with Gasteiger partial charge in [0.2, 0.25) is 0 Å². The Morgan fingerprint density at radius 3 is 1.67 bits per heavy atom. The number of nitrogens with one attached hydrogen (secondary N) is 1. The Hall–Kier alpha value is -1.70. The van der Waals surface area contributed by atoms with Crippen LogP contribution in [0.25, 0.3) is 0 Å². The van der Waals surface area contributed by atoms with Gasteiger partial charge in [0, 0.05) is 29.6 Å². The average molecular weight is 302 g/mol. The number of hydrogen-bond acceptors (Lipinski definition) is 6. The number of imide groups is 1. The van der Waals surface area contributed by atoms with Crippen molar-refractivity contribution in [1.82, 2.24) is 5.32 Å². The van der Waals surface area contributed by atoms with E-state index in [1.165, 1.54) is 14.2 Å². The summed E-state index contributed by atoms with van der Waals surface area (Å²) >= 11 is 0. The van der Waals surface area contributed by atoms with Crippen LogP contribution in [-0.4, -0.2) is 67.5 Å². The topological polar surface area (TPSA) is 98.8 Å². The summed E-state index contributed by atoms with van der Waals surface area (Å²) in [6.45, 7) is 0. The van der Waals surface area contributed by atoms with Gasteiger partial charge in [-0.05, 0) is 12.1 Å². The van der Waals surface area contributed by atoms with Gasteiger partial charge in [-0.3, -0.25) is 24.5 Å². The summed E-state index contributed by atoms with van der Waals surface area (Å²) in [7, 11) is 2.43. The number of fused-ring (bicyclic) bond motifs is 1. The molecule has 21 heavy (non-hydrogen) atoms. The van der Waals surface area contributed by atoms with Crippen molar-refractivity contribution in [3.8, 4) is 0 Å². The maximum atomic E-state index is 10.9. The van der Waals surface area contributed by atoms with Crippen molar-refractivity contribution in [2.24, 2.45) is 0 Å². The van der Waals surface area contributed by atoms with Gasteiger partial charge < -0.3 is 9.47 Å². The molecule has 0 fully saturated rings. The first-order valence-corrected chi connectivity index (χ1v) is 5.58. The zero-order chi connectivity index (χ0) is 15.1. The quantitative estimate of drug-likeness (QED) is 0.355. The summed E-state index contributed by atoms with van der Waals surface area (Å²) in [6.07, 6.45) is -0.312. The van der Waals surface area contributed by atoms with Crippen LogP contribution >= 0.6 is 0 Å². The van der Waals surface area contributed by atoms with Crippen LogP contribution in [0.4, 0.5) is 0 Å². The molecular formula is C13H13NNaO6. The SMILES string of the molecule is COC(=O)CC(=O)OC.O=C1NC(=O)c2ccccc21.[Na]. The van der Waals surface area contributed by atoms with E-state index >= 15 is 0 Å². The van der Waals surface area contributed by atoms with Crippen LogP contribution in [0.15, 0.2) is 24.3 Å². The first kappa shape index (κ1) is 19.3. The molecule has 1 heterocycles. The van der Waals surface area contributed by atoms with Gasteiger partial charge in [-0.2, -0.15) is 0 Å². The minimum Gasteiger partial charge on any atom is -0.469 e. The maximum Gasteiger partial charge on any atom is 0.316 e. The molecule has 0 unspecified atom stereocenters. The maximum absolute atomic E-state index is 10.9. The van der Waals surface area contributed by atoms with Crippen LogP contribution in [0.3, 0.4) is 0 Å². The molecule has 1 aromatic carbocycles. The van der Waals surface area contributed by atoms with Crippen molar-refractivity contribution in [2.45, 2.75) is 6.42 Å². The molecule has 1 N–H and O–H groups in total. The molecule has 107 valence electrons. The molecule has 2 rings (SSSR count). The van der Waals surface area contributed by atoms with Crippen molar-refractivity contribution in [1.29, 1.82) is 0 Å². The van der Waals surface area contributed by atoms with Gasteiger partial charge in [0.05, 0.1) is 25.3 Å². The molecule has 1 radical (unpaired) electrons. The fourth-order valence-corrected chi connectivity index (χ4v) is 1.38. The molecular weight excluding hydrogens is 289 g/mol. The third-order valence-electron chi connectivity index (χ3n) is 2.39. The van der Waals surface area contributed by atoms with E-state index in [1.807, 2.05) is 0 Å². The number of rotatable bonds is 2. The predicted molar refractivity (Wildman–Crippen MR) is 72.6 cm³/mol. The Morgan fingerprint density at radius 1 is 0.952 bits per heavy atom. The summed E-state index contributed by atoms with van der Waals surface area (Å²) in [6, 6.07) is 6.74. The molecule has 0 aliphatic carbocycles. The predicted octanol–water partition coefficient (Wildman–Crippen LogP) is -0.0881. The number of ether oxygens (including phenoxy) is 2. The largest absolute Gasteiger partial charge is 0.469 e. The fourth-order valence-electron chi connectivity index (χ4n) is 1.38. The van der Waals surface area contributed by atoms with E-state index in [0.717, 1.165) is 0 Å². The van der Waals surface area contributed by atoms with E-state index in [0.29, 0.717) is 11.1 Å². The molecule has 0 spiro atoms. The molecule has 0 atom stereocenters. The van der Waals surface area contributed by atoms with E-state index in [4.69, 9.17) is 0 Å². The van der Waals surface area contributed by atoms with Crippen molar-refractivity contribution in [3.63, 3.8) is 0 Å². The third kappa shape index (κ3) is 5.66. The Morgan fingerprint density at radius 2 is 1.33 bits per heavy atom. The zero-order valence-electron chi connectivity index (χ0n) is 12.0. The van der Waals surface area contributed by atoms with Crippen molar-refractivity contribution in [2.75, 3.05) is 14.2 Å². The Kier molecular flexibility index (Phi) is 8.52. The van der Waals surface area contributed by atoms with Crippen LogP contribution in [0.2, 0.25) is 0 Å². The van der Waals surface area contributed by atoms with E-state index < -0.39 is 11.9 Å². The van der Waals surface area contributed by atoms with Crippen LogP contribution < -0.4 is 5.32 Å². The molecule has 1 aliphatic rings. The first-order valence-electron chi connectivity index (χ1n) is 5.58. The normalized spacial score (nSPS) is 11.1. The molecule has 0 saturated heterocycles. The van der Waals surface area contributed by atoms with Crippen molar-refractivity contribution in [3.05, 3.63) is 35.4 Å². The fraction of sp³-hybridized carbons (Fsp3) is 0.231. The second-order valence-corrected chi connectivity index (χ2v) is 3.66. The third-order valence-corrected chi connectivity index (χ3v) is 2.39. The first-order chi connectivity index (χ1) is 9.49.